The number of rotatable bonds is 10. The Kier molecular flexibility index (Phi) is 11.6. The second kappa shape index (κ2) is 16.7. The molecule has 2 aromatic carbocycles. The monoisotopic (exact) mass is 838 g/mol. The Labute approximate surface area is 338 Å². The Bertz CT molecular complexity index is 2570. The van der Waals surface area contributed by atoms with E-state index in [1.807, 2.05) is 6.92 Å². The predicted molar refractivity (Wildman–Crippen MR) is 209 cm³/mol. The number of Topliss-reactive ketones (excluding diaryl/α,β-unsaturated/α-hetero) is 1. The highest BCUT2D eigenvalue weighted by atomic mass is 19.4. The van der Waals surface area contributed by atoms with Gasteiger partial charge in [-0.15, -0.1) is 0 Å². The Hall–Kier alpha value is -6.40. The Morgan fingerprint density at radius 3 is 1.60 bits per heavy atom. The van der Waals surface area contributed by atoms with Crippen molar-refractivity contribution in [2.45, 2.75) is 70.6 Å². The maximum atomic E-state index is 13.2. The van der Waals surface area contributed by atoms with Crippen molar-refractivity contribution in [3.63, 3.8) is 0 Å². The maximum Gasteiger partial charge on any atom is 0.416 e. The summed E-state index contributed by atoms with van der Waals surface area (Å²) in [5, 5.41) is 16.6. The molecule has 0 saturated carbocycles. The predicted octanol–water partition coefficient (Wildman–Crippen LogP) is 9.12. The zero-order valence-electron chi connectivity index (χ0n) is 32.6. The van der Waals surface area contributed by atoms with Crippen molar-refractivity contribution in [3.8, 4) is 11.5 Å². The zero-order valence-corrected chi connectivity index (χ0v) is 32.6. The second-order valence-electron chi connectivity index (χ2n) is 14.6. The molecule has 0 radical (unpaired) electrons. The number of carboxylic acids is 1. The second-order valence-corrected chi connectivity index (χ2v) is 14.6. The van der Waals surface area contributed by atoms with Gasteiger partial charge in [0.05, 0.1) is 53.4 Å². The normalized spacial score (nSPS) is 16.4. The molecular formula is C41H40F6N8O5. The lowest BCUT2D eigenvalue weighted by atomic mass is 9.83. The number of hydrogen-bond donors (Lipinski definition) is 5. The van der Waals surface area contributed by atoms with Gasteiger partial charge in [0, 0.05) is 23.7 Å². The van der Waals surface area contributed by atoms with E-state index in [1.54, 1.807) is 0 Å². The molecule has 0 amide bonds. The van der Waals surface area contributed by atoms with Crippen LogP contribution in [-0.4, -0.2) is 61.0 Å². The largest absolute Gasteiger partial charge is 0.495 e. The van der Waals surface area contributed by atoms with E-state index >= 15 is 0 Å². The lowest BCUT2D eigenvalue weighted by Gasteiger charge is -2.21. The smallest absolute Gasteiger partial charge is 0.416 e. The molecule has 0 spiro atoms. The van der Waals surface area contributed by atoms with Gasteiger partial charge in [0.1, 0.15) is 52.9 Å². The summed E-state index contributed by atoms with van der Waals surface area (Å²) in [7, 11) is 2.75. The van der Waals surface area contributed by atoms with Crippen LogP contribution in [0, 0.1) is 11.8 Å². The number of H-pyrrole nitrogens is 2. The SMILES string of the molecule is CCCC(=O)C1CCc2[nH]c3ncnc(Nc4cc(C(F)(F)F)ccc4OC)c3c2C1.COc1ccc(C(F)(F)F)cc1Nc1ncnc2[nH]c3c(c12)CC(C(=O)O)CC3. The van der Waals surface area contributed by atoms with Gasteiger partial charge in [-0.2, -0.15) is 26.3 Å². The molecule has 0 aliphatic heterocycles. The van der Waals surface area contributed by atoms with E-state index in [4.69, 9.17) is 9.47 Å². The summed E-state index contributed by atoms with van der Waals surface area (Å²) in [4.78, 5) is 47.3. The van der Waals surface area contributed by atoms with E-state index in [0.29, 0.717) is 60.0 Å². The number of fused-ring (bicyclic) bond motifs is 6. The minimum Gasteiger partial charge on any atom is -0.495 e. The van der Waals surface area contributed by atoms with Gasteiger partial charge in [0.15, 0.2) is 0 Å². The number of ketones is 1. The molecule has 2 unspecified atom stereocenters. The minimum absolute atomic E-state index is 0.0670. The molecule has 13 nitrogen and oxygen atoms in total. The van der Waals surface area contributed by atoms with E-state index in [-0.39, 0.29) is 40.4 Å². The topological polar surface area (TPSA) is 180 Å². The quantitative estimate of drug-likeness (QED) is 0.0831. The number of carboxylic acid groups (broad SMARTS) is 1. The molecule has 2 atom stereocenters. The first kappa shape index (κ1) is 41.7. The molecule has 6 aromatic rings. The Morgan fingerprint density at radius 1 is 0.733 bits per heavy atom. The molecule has 4 heterocycles. The molecule has 60 heavy (non-hydrogen) atoms. The van der Waals surface area contributed by atoms with Crippen LogP contribution in [0.2, 0.25) is 0 Å². The van der Waals surface area contributed by atoms with Crippen LogP contribution in [-0.2, 0) is 47.6 Å². The van der Waals surface area contributed by atoms with Gasteiger partial charge in [0.25, 0.3) is 0 Å². The number of halogens is 6. The summed E-state index contributed by atoms with van der Waals surface area (Å²) in [6.07, 6.45) is -1.57. The third-order valence-corrected chi connectivity index (χ3v) is 10.8. The van der Waals surface area contributed by atoms with Crippen LogP contribution >= 0.6 is 0 Å². The summed E-state index contributed by atoms with van der Waals surface area (Å²) >= 11 is 0. The number of aromatic nitrogens is 6. The van der Waals surface area contributed by atoms with Crippen molar-refractivity contribution in [3.05, 3.63) is 82.7 Å². The molecule has 316 valence electrons. The number of aromatic amines is 2. The summed E-state index contributed by atoms with van der Waals surface area (Å²) in [5.41, 5.74) is 3.33. The number of aliphatic carboxylic acids is 1. The highest BCUT2D eigenvalue weighted by Gasteiger charge is 2.34. The fourth-order valence-corrected chi connectivity index (χ4v) is 7.83. The Balaban J connectivity index is 0.000000182. The van der Waals surface area contributed by atoms with E-state index in [9.17, 15) is 41.0 Å². The van der Waals surface area contributed by atoms with Gasteiger partial charge >= 0.3 is 18.3 Å². The van der Waals surface area contributed by atoms with Crippen molar-refractivity contribution >= 4 is 56.8 Å². The van der Waals surface area contributed by atoms with Crippen molar-refractivity contribution in [2.24, 2.45) is 11.8 Å². The van der Waals surface area contributed by atoms with Gasteiger partial charge in [0.2, 0.25) is 0 Å². The minimum atomic E-state index is -4.51. The molecule has 0 bridgehead atoms. The Morgan fingerprint density at radius 2 is 1.18 bits per heavy atom. The maximum absolute atomic E-state index is 13.2. The van der Waals surface area contributed by atoms with E-state index in [0.717, 1.165) is 66.0 Å². The van der Waals surface area contributed by atoms with Gasteiger partial charge in [-0.1, -0.05) is 6.92 Å². The van der Waals surface area contributed by atoms with Crippen LogP contribution in [0.25, 0.3) is 22.1 Å². The van der Waals surface area contributed by atoms with Crippen LogP contribution in [0.5, 0.6) is 11.5 Å². The van der Waals surface area contributed by atoms with E-state index in [1.165, 1.54) is 39.0 Å². The fraction of sp³-hybridized carbons (Fsp3) is 0.366. The first-order valence-electron chi connectivity index (χ1n) is 19.1. The number of ether oxygens (including phenoxy) is 2. The number of nitrogens with one attached hydrogen (secondary N) is 4. The number of anilines is 4. The highest BCUT2D eigenvalue weighted by Crippen LogP contribution is 2.41. The van der Waals surface area contributed by atoms with E-state index < -0.39 is 35.4 Å². The molecule has 2 aliphatic rings. The number of carbonyl (C=O) groups is 2. The van der Waals surface area contributed by atoms with Crippen molar-refractivity contribution < 1.29 is 50.5 Å². The van der Waals surface area contributed by atoms with Crippen LogP contribution in [0.15, 0.2) is 49.1 Å². The molecule has 2 aliphatic carbocycles. The summed E-state index contributed by atoms with van der Waals surface area (Å²) in [6.45, 7) is 1.98. The molecule has 5 N–H and O–H groups in total. The molecule has 0 fully saturated rings. The first-order valence-corrected chi connectivity index (χ1v) is 19.1. The number of alkyl halides is 6. The lowest BCUT2D eigenvalue weighted by molar-refractivity contribution is -0.142. The van der Waals surface area contributed by atoms with Gasteiger partial charge in [-0.05, 0) is 92.5 Å². The van der Waals surface area contributed by atoms with Crippen LogP contribution in [0.4, 0.5) is 49.4 Å². The van der Waals surface area contributed by atoms with Gasteiger partial charge < -0.3 is 35.2 Å². The average molecular weight is 839 g/mol. The number of benzene rings is 2. The number of hydrogen-bond acceptors (Lipinski definition) is 10. The van der Waals surface area contributed by atoms with Crippen LogP contribution in [0.1, 0.15) is 66.2 Å². The fourth-order valence-electron chi connectivity index (χ4n) is 7.83. The summed E-state index contributed by atoms with van der Waals surface area (Å²) in [6, 6.07) is 6.37. The zero-order chi connectivity index (χ0) is 42.9. The summed E-state index contributed by atoms with van der Waals surface area (Å²) < 4.78 is 89.5. The van der Waals surface area contributed by atoms with Crippen molar-refractivity contribution in [1.29, 1.82) is 0 Å². The van der Waals surface area contributed by atoms with Crippen LogP contribution < -0.4 is 20.1 Å². The van der Waals surface area contributed by atoms with Crippen LogP contribution in [0.3, 0.4) is 0 Å². The number of nitrogens with zero attached hydrogens (tertiary/aromatic N) is 4. The first-order chi connectivity index (χ1) is 28.6. The third kappa shape index (κ3) is 8.51. The van der Waals surface area contributed by atoms with Gasteiger partial charge in [-0.25, -0.2) is 19.9 Å². The average Bonchev–Trinajstić information content (AvgIpc) is 3.79. The lowest BCUT2D eigenvalue weighted by Crippen LogP contribution is -2.22. The number of aryl methyl sites for hydroxylation is 2. The number of carbonyl (C=O) groups excluding carboxylic acids is 1. The van der Waals surface area contributed by atoms with E-state index in [2.05, 4.69) is 40.5 Å². The summed E-state index contributed by atoms with van der Waals surface area (Å²) in [5.74, 6) is -0.0813. The molecule has 4 aromatic heterocycles. The van der Waals surface area contributed by atoms with Crippen molar-refractivity contribution in [2.75, 3.05) is 24.9 Å². The standard InChI is InChI=1S/C22H23F3N4O2.C19H17F3N4O3/c1-3-4-17(30)12-5-7-15-14(9-12)19-20(28-15)26-11-27-21(19)29-16-10-13(22(23,24)25)6-8-18(16)31-2;1-29-14-5-3-10(19(20,21)22)7-13(14)26-17-15-11-6-9(18(27)28)2-4-12(11)25-16(15)23-8-24-17/h6,8,10-12H,3-5,7,9H2,1-2H3,(H2,26,27,28,29);3,5,7-9H,2,4,6H2,1H3,(H,27,28)(H2,23,24,25,26). The van der Waals surface area contributed by atoms with Gasteiger partial charge in [-0.3, -0.25) is 9.59 Å². The molecule has 19 heteroatoms. The highest BCUT2D eigenvalue weighted by molar-refractivity contribution is 5.95. The number of methoxy groups -OCH3 is 2. The third-order valence-electron chi connectivity index (χ3n) is 10.8. The molecule has 0 saturated heterocycles. The molecule has 8 rings (SSSR count). The molecular weight excluding hydrogens is 798 g/mol. The van der Waals surface area contributed by atoms with Crippen molar-refractivity contribution in [1.82, 2.24) is 29.9 Å².